The van der Waals surface area contributed by atoms with E-state index >= 15 is 0 Å². The summed E-state index contributed by atoms with van der Waals surface area (Å²) in [5, 5.41) is 10.2. The zero-order chi connectivity index (χ0) is 20.8. The van der Waals surface area contributed by atoms with Gasteiger partial charge in [-0.1, -0.05) is 62.6 Å². The Morgan fingerprint density at radius 3 is 2.66 bits per heavy atom. The van der Waals surface area contributed by atoms with Crippen LogP contribution in [0.3, 0.4) is 0 Å². The molecule has 3 saturated carbocycles. The van der Waals surface area contributed by atoms with Gasteiger partial charge in [0.1, 0.15) is 0 Å². The molecular formula is C28H44O. The molecule has 0 aromatic heterocycles. The molecule has 7 atom stereocenters. The summed E-state index contributed by atoms with van der Waals surface area (Å²) in [6, 6.07) is 0. The maximum Gasteiger partial charge on any atom is 0.0578 e. The van der Waals surface area contributed by atoms with E-state index in [0.29, 0.717) is 10.8 Å². The van der Waals surface area contributed by atoms with Crippen molar-refractivity contribution in [2.24, 2.45) is 34.5 Å². The second-order valence-corrected chi connectivity index (χ2v) is 11.3. The average Bonchev–Trinajstić information content (AvgIpc) is 3.06. The Bertz CT molecular complexity index is 712. The molecule has 162 valence electrons. The lowest BCUT2D eigenvalue weighted by Gasteiger charge is -2.55. The number of hydrogen-bond acceptors (Lipinski definition) is 1. The zero-order valence-electron chi connectivity index (χ0n) is 19.6. The molecule has 0 amide bonds. The fourth-order valence-corrected chi connectivity index (χ4v) is 8.10. The van der Waals surface area contributed by atoms with Crippen molar-refractivity contribution < 1.29 is 5.11 Å². The molecule has 1 N–H and O–H groups in total. The molecule has 0 radical (unpaired) electrons. The molecule has 4 aliphatic rings. The third kappa shape index (κ3) is 3.50. The number of rotatable bonds is 5. The molecule has 0 aromatic carbocycles. The quantitative estimate of drug-likeness (QED) is 0.474. The summed E-state index contributed by atoms with van der Waals surface area (Å²) in [6.07, 6.45) is 19.7. The van der Waals surface area contributed by atoms with E-state index < -0.39 is 0 Å². The van der Waals surface area contributed by atoms with Gasteiger partial charge in [0, 0.05) is 0 Å². The van der Waals surface area contributed by atoms with Crippen molar-refractivity contribution in [3.8, 4) is 0 Å². The first-order valence-corrected chi connectivity index (χ1v) is 12.6. The predicted molar refractivity (Wildman–Crippen MR) is 124 cm³/mol. The van der Waals surface area contributed by atoms with E-state index in [2.05, 4.69) is 52.8 Å². The molecule has 4 rings (SSSR count). The molecule has 1 heteroatoms. The number of aliphatic hydroxyl groups is 1. The van der Waals surface area contributed by atoms with Gasteiger partial charge in [-0.2, -0.15) is 0 Å². The second kappa shape index (κ2) is 8.03. The van der Waals surface area contributed by atoms with Crippen molar-refractivity contribution in [2.45, 2.75) is 105 Å². The van der Waals surface area contributed by atoms with Crippen LogP contribution in [0.4, 0.5) is 0 Å². The first kappa shape index (κ1) is 21.4. The van der Waals surface area contributed by atoms with Crippen molar-refractivity contribution in [3.05, 3.63) is 34.9 Å². The Balaban J connectivity index is 1.54. The van der Waals surface area contributed by atoms with E-state index in [-0.39, 0.29) is 6.10 Å². The minimum absolute atomic E-state index is 0.111. The van der Waals surface area contributed by atoms with Gasteiger partial charge < -0.3 is 5.11 Å². The van der Waals surface area contributed by atoms with Crippen LogP contribution in [-0.2, 0) is 0 Å². The monoisotopic (exact) mass is 396 g/mol. The highest BCUT2D eigenvalue weighted by molar-refractivity contribution is 5.38. The standard InChI is InChI=1S/C28H44O/c1-6-20(7-2)9-8-19(3)24-12-13-25-23-11-10-21-18-22(29)14-16-27(21,4)26(23)15-17-28(24,25)5/h6,10-11,19,22,24-26,29H,7-9,12-18H2,1-5H3. The van der Waals surface area contributed by atoms with E-state index in [1.165, 1.54) is 56.9 Å². The molecule has 0 bridgehead atoms. The zero-order valence-corrected chi connectivity index (χ0v) is 19.6. The van der Waals surface area contributed by atoms with Crippen molar-refractivity contribution in [1.82, 2.24) is 0 Å². The minimum atomic E-state index is -0.111. The molecule has 0 saturated heterocycles. The van der Waals surface area contributed by atoms with E-state index in [9.17, 15) is 5.11 Å². The minimum Gasteiger partial charge on any atom is -0.393 e. The highest BCUT2D eigenvalue weighted by Crippen LogP contribution is 2.66. The van der Waals surface area contributed by atoms with Gasteiger partial charge in [-0.25, -0.2) is 0 Å². The van der Waals surface area contributed by atoms with E-state index in [1.54, 1.807) is 11.1 Å². The smallest absolute Gasteiger partial charge is 0.0578 e. The number of allylic oxidation sites excluding steroid dienone is 5. The SMILES string of the molecule is CC=C(CC)CCC(C)C1CCC2C3=CC=C4CC(O)CCC4(C)C3CCC21C. The van der Waals surface area contributed by atoms with E-state index in [0.717, 1.165) is 36.5 Å². The Morgan fingerprint density at radius 1 is 1.14 bits per heavy atom. The van der Waals surface area contributed by atoms with Crippen LogP contribution < -0.4 is 0 Å². The molecular weight excluding hydrogens is 352 g/mol. The largest absolute Gasteiger partial charge is 0.393 e. The average molecular weight is 397 g/mol. The summed E-state index contributed by atoms with van der Waals surface area (Å²) in [4.78, 5) is 0. The van der Waals surface area contributed by atoms with Crippen LogP contribution in [0, 0.1) is 34.5 Å². The molecule has 7 unspecified atom stereocenters. The van der Waals surface area contributed by atoms with Gasteiger partial charge in [0.05, 0.1) is 6.10 Å². The van der Waals surface area contributed by atoms with Crippen LogP contribution in [0.1, 0.15) is 98.8 Å². The van der Waals surface area contributed by atoms with Crippen LogP contribution >= 0.6 is 0 Å². The predicted octanol–water partition coefficient (Wildman–Crippen LogP) is 7.62. The number of hydrogen-bond donors (Lipinski definition) is 1. The Hall–Kier alpha value is -0.820. The van der Waals surface area contributed by atoms with Gasteiger partial charge in [-0.15, -0.1) is 0 Å². The molecule has 0 spiro atoms. The van der Waals surface area contributed by atoms with Crippen molar-refractivity contribution in [1.29, 1.82) is 0 Å². The van der Waals surface area contributed by atoms with Crippen LogP contribution in [-0.4, -0.2) is 11.2 Å². The van der Waals surface area contributed by atoms with Crippen LogP contribution in [0.15, 0.2) is 34.9 Å². The lowest BCUT2D eigenvalue weighted by atomic mass is 9.50. The lowest BCUT2D eigenvalue weighted by Crippen LogP contribution is -2.46. The van der Waals surface area contributed by atoms with Gasteiger partial charge in [-0.3, -0.25) is 0 Å². The Morgan fingerprint density at radius 2 is 1.93 bits per heavy atom. The maximum absolute atomic E-state index is 10.2. The third-order valence-electron chi connectivity index (χ3n) is 10.1. The van der Waals surface area contributed by atoms with Crippen LogP contribution in [0.2, 0.25) is 0 Å². The topological polar surface area (TPSA) is 20.2 Å². The summed E-state index contributed by atoms with van der Waals surface area (Å²) in [5.41, 5.74) is 5.78. The molecule has 0 heterocycles. The summed E-state index contributed by atoms with van der Waals surface area (Å²) < 4.78 is 0. The lowest BCUT2D eigenvalue weighted by molar-refractivity contribution is 0.0327. The van der Waals surface area contributed by atoms with Gasteiger partial charge in [0.2, 0.25) is 0 Å². The van der Waals surface area contributed by atoms with Crippen molar-refractivity contribution in [3.63, 3.8) is 0 Å². The number of aliphatic hydroxyl groups excluding tert-OH is 1. The Kier molecular flexibility index (Phi) is 5.93. The summed E-state index contributed by atoms with van der Waals surface area (Å²) in [6.45, 7) is 12.2. The van der Waals surface area contributed by atoms with Crippen LogP contribution in [0.5, 0.6) is 0 Å². The number of fused-ring (bicyclic) bond motifs is 5. The van der Waals surface area contributed by atoms with Gasteiger partial charge >= 0.3 is 0 Å². The summed E-state index contributed by atoms with van der Waals surface area (Å²) in [7, 11) is 0. The Labute approximate surface area is 179 Å². The summed E-state index contributed by atoms with van der Waals surface area (Å²) in [5.74, 6) is 3.24. The van der Waals surface area contributed by atoms with E-state index in [4.69, 9.17) is 0 Å². The van der Waals surface area contributed by atoms with E-state index in [1.807, 2.05) is 0 Å². The normalized spacial score (nSPS) is 43.0. The molecule has 1 nitrogen and oxygen atoms in total. The molecule has 4 aliphatic carbocycles. The summed E-state index contributed by atoms with van der Waals surface area (Å²) >= 11 is 0. The van der Waals surface area contributed by atoms with Crippen LogP contribution in [0.25, 0.3) is 0 Å². The second-order valence-electron chi connectivity index (χ2n) is 11.3. The highest BCUT2D eigenvalue weighted by atomic mass is 16.3. The maximum atomic E-state index is 10.2. The first-order valence-electron chi connectivity index (χ1n) is 12.6. The molecule has 29 heavy (non-hydrogen) atoms. The third-order valence-corrected chi connectivity index (χ3v) is 10.1. The van der Waals surface area contributed by atoms with Gasteiger partial charge in [0.25, 0.3) is 0 Å². The van der Waals surface area contributed by atoms with Gasteiger partial charge in [0.15, 0.2) is 0 Å². The highest BCUT2D eigenvalue weighted by Gasteiger charge is 2.56. The molecule has 0 aromatic rings. The molecule has 3 fully saturated rings. The first-order chi connectivity index (χ1) is 13.8. The fraction of sp³-hybridized carbons (Fsp3) is 0.786. The van der Waals surface area contributed by atoms with Gasteiger partial charge in [-0.05, 0) is 106 Å². The van der Waals surface area contributed by atoms with Crippen molar-refractivity contribution >= 4 is 0 Å². The fourth-order valence-electron chi connectivity index (χ4n) is 8.10. The van der Waals surface area contributed by atoms with Crippen molar-refractivity contribution in [2.75, 3.05) is 0 Å². The molecule has 0 aliphatic heterocycles.